The summed E-state index contributed by atoms with van der Waals surface area (Å²) >= 11 is 2.09. The predicted molar refractivity (Wildman–Crippen MR) is 85.9 cm³/mol. The van der Waals surface area contributed by atoms with Crippen LogP contribution in [0.3, 0.4) is 0 Å². The largest absolute Gasteiger partial charge is 0.379 e. The lowest BCUT2D eigenvalue weighted by Crippen LogP contribution is -2.44. The second kappa shape index (κ2) is 5.50. The van der Waals surface area contributed by atoms with Crippen molar-refractivity contribution in [3.05, 3.63) is 18.6 Å². The number of hydrogen-bond acceptors (Lipinski definition) is 5. The topological polar surface area (TPSA) is 54.0 Å². The maximum atomic E-state index is 5.22. The number of hydrogen-bond donors (Lipinski definition) is 1. The van der Waals surface area contributed by atoms with Gasteiger partial charge in [-0.25, -0.2) is 9.97 Å². The number of nitrogens with one attached hydrogen (secondary N) is 1. The standard InChI is InChI=1S/C15H20N4OS/c1-19(15-13-2-3-16-14(13)17-9-18-15)11-4-10(5-11)8-21-12-6-20-7-12/h2-3,9-12H,4-8H2,1H3,(H,16,17,18). The van der Waals surface area contributed by atoms with E-state index >= 15 is 0 Å². The molecule has 0 amide bonds. The molecule has 0 unspecified atom stereocenters. The van der Waals surface area contributed by atoms with Crippen LogP contribution in [0.5, 0.6) is 0 Å². The van der Waals surface area contributed by atoms with Crippen LogP contribution in [0, 0.1) is 5.92 Å². The monoisotopic (exact) mass is 304 g/mol. The van der Waals surface area contributed by atoms with Crippen LogP contribution in [0.25, 0.3) is 11.0 Å². The molecule has 1 N–H and O–H groups in total. The van der Waals surface area contributed by atoms with Crippen molar-refractivity contribution in [1.29, 1.82) is 0 Å². The van der Waals surface area contributed by atoms with Gasteiger partial charge in [0, 0.05) is 19.3 Å². The van der Waals surface area contributed by atoms with E-state index < -0.39 is 0 Å². The van der Waals surface area contributed by atoms with Gasteiger partial charge in [-0.2, -0.15) is 11.8 Å². The zero-order valence-corrected chi connectivity index (χ0v) is 13.0. The van der Waals surface area contributed by atoms with Crippen LogP contribution < -0.4 is 4.90 Å². The summed E-state index contributed by atoms with van der Waals surface area (Å²) in [6, 6.07) is 2.67. The number of anilines is 1. The molecule has 0 bridgehead atoms. The van der Waals surface area contributed by atoms with Gasteiger partial charge in [-0.3, -0.25) is 0 Å². The Kier molecular flexibility index (Phi) is 3.51. The van der Waals surface area contributed by atoms with E-state index in [4.69, 9.17) is 4.74 Å². The molecule has 2 aromatic heterocycles. The fourth-order valence-corrected chi connectivity index (χ4v) is 4.25. The minimum Gasteiger partial charge on any atom is -0.379 e. The van der Waals surface area contributed by atoms with Crippen LogP contribution in [-0.2, 0) is 4.74 Å². The maximum absolute atomic E-state index is 5.22. The predicted octanol–water partition coefficient (Wildman–Crippen LogP) is 2.30. The second-order valence-corrected chi connectivity index (χ2v) is 7.37. The number of H-pyrrole nitrogens is 1. The Balaban J connectivity index is 1.36. The van der Waals surface area contributed by atoms with E-state index in [1.165, 1.54) is 18.6 Å². The van der Waals surface area contributed by atoms with Crippen LogP contribution in [-0.4, -0.2) is 52.3 Å². The molecule has 2 aliphatic rings. The number of aromatic amines is 1. The molecule has 0 atom stereocenters. The number of thioether (sulfide) groups is 1. The summed E-state index contributed by atoms with van der Waals surface area (Å²) in [6.07, 6.45) is 6.12. The van der Waals surface area contributed by atoms with Crippen molar-refractivity contribution in [3.8, 4) is 0 Å². The van der Waals surface area contributed by atoms with E-state index in [1.807, 2.05) is 6.20 Å². The molecular weight excluding hydrogens is 284 g/mol. The molecule has 2 aromatic rings. The van der Waals surface area contributed by atoms with Crippen molar-refractivity contribution in [3.63, 3.8) is 0 Å². The lowest BCUT2D eigenvalue weighted by atomic mass is 9.81. The first-order valence-electron chi connectivity index (χ1n) is 7.51. The van der Waals surface area contributed by atoms with E-state index in [0.717, 1.165) is 41.2 Å². The van der Waals surface area contributed by atoms with Crippen molar-refractivity contribution in [1.82, 2.24) is 15.0 Å². The Bertz CT molecular complexity index is 621. The van der Waals surface area contributed by atoms with Crippen molar-refractivity contribution in [2.24, 2.45) is 5.92 Å². The molecule has 1 saturated carbocycles. The lowest BCUT2D eigenvalue weighted by Gasteiger charge is -2.42. The zero-order chi connectivity index (χ0) is 14.2. The first-order chi connectivity index (χ1) is 10.3. The van der Waals surface area contributed by atoms with Gasteiger partial charge in [-0.1, -0.05) is 0 Å². The van der Waals surface area contributed by atoms with E-state index in [2.05, 4.69) is 44.7 Å². The summed E-state index contributed by atoms with van der Waals surface area (Å²) in [7, 11) is 2.16. The molecule has 0 aromatic carbocycles. The summed E-state index contributed by atoms with van der Waals surface area (Å²) in [5.41, 5.74) is 0.920. The van der Waals surface area contributed by atoms with Gasteiger partial charge in [-0.15, -0.1) is 0 Å². The third kappa shape index (κ3) is 2.51. The second-order valence-electron chi connectivity index (χ2n) is 6.03. The van der Waals surface area contributed by atoms with Crippen LogP contribution in [0.2, 0.25) is 0 Å². The summed E-state index contributed by atoms with van der Waals surface area (Å²) in [6.45, 7) is 1.90. The van der Waals surface area contributed by atoms with Crippen LogP contribution in [0.4, 0.5) is 5.82 Å². The highest BCUT2D eigenvalue weighted by Crippen LogP contribution is 2.37. The average molecular weight is 304 g/mol. The van der Waals surface area contributed by atoms with E-state index in [9.17, 15) is 0 Å². The first-order valence-corrected chi connectivity index (χ1v) is 8.56. The molecule has 0 radical (unpaired) electrons. The Labute approximate surface area is 128 Å². The normalized spacial score (nSPS) is 25.6. The molecule has 1 saturated heterocycles. The molecule has 5 nitrogen and oxygen atoms in total. The van der Waals surface area contributed by atoms with Gasteiger partial charge in [0.25, 0.3) is 0 Å². The quantitative estimate of drug-likeness (QED) is 0.918. The fourth-order valence-electron chi connectivity index (χ4n) is 3.05. The molecule has 1 aliphatic heterocycles. The van der Waals surface area contributed by atoms with Crippen molar-refractivity contribution in [2.45, 2.75) is 24.1 Å². The number of fused-ring (bicyclic) bond motifs is 1. The molecule has 6 heteroatoms. The SMILES string of the molecule is CN(c1ncnc2[nH]ccc12)C1CC(CSC2COC2)C1. The van der Waals surface area contributed by atoms with Gasteiger partial charge in [0.1, 0.15) is 17.8 Å². The summed E-state index contributed by atoms with van der Waals surface area (Å²) in [5, 5.41) is 1.87. The third-order valence-electron chi connectivity index (χ3n) is 4.60. The van der Waals surface area contributed by atoms with Gasteiger partial charge >= 0.3 is 0 Å². The summed E-state index contributed by atoms with van der Waals surface area (Å²) in [5.74, 6) is 3.18. The number of nitrogens with zero attached hydrogens (tertiary/aromatic N) is 3. The number of aromatic nitrogens is 3. The molecule has 4 rings (SSSR count). The summed E-state index contributed by atoms with van der Waals surface area (Å²) < 4.78 is 5.22. The van der Waals surface area contributed by atoms with Crippen LogP contribution >= 0.6 is 11.8 Å². The Morgan fingerprint density at radius 1 is 1.38 bits per heavy atom. The van der Waals surface area contributed by atoms with E-state index in [-0.39, 0.29) is 0 Å². The number of ether oxygens (including phenoxy) is 1. The first kappa shape index (κ1) is 13.4. The van der Waals surface area contributed by atoms with Gasteiger partial charge in [0.15, 0.2) is 0 Å². The average Bonchev–Trinajstić information content (AvgIpc) is 2.86. The highest BCUT2D eigenvalue weighted by Gasteiger charge is 2.34. The fraction of sp³-hybridized carbons (Fsp3) is 0.600. The van der Waals surface area contributed by atoms with E-state index in [0.29, 0.717) is 6.04 Å². The molecule has 21 heavy (non-hydrogen) atoms. The minimum atomic E-state index is 0.612. The smallest absolute Gasteiger partial charge is 0.142 e. The molecule has 112 valence electrons. The zero-order valence-electron chi connectivity index (χ0n) is 12.2. The highest BCUT2D eigenvalue weighted by molar-refractivity contribution is 8.00. The van der Waals surface area contributed by atoms with Gasteiger partial charge < -0.3 is 14.6 Å². The number of rotatable bonds is 5. The Morgan fingerprint density at radius 2 is 2.24 bits per heavy atom. The van der Waals surface area contributed by atoms with E-state index in [1.54, 1.807) is 6.33 Å². The molecular formula is C15H20N4OS. The lowest BCUT2D eigenvalue weighted by molar-refractivity contribution is 0.0453. The van der Waals surface area contributed by atoms with Gasteiger partial charge in [-0.05, 0) is 30.6 Å². The maximum Gasteiger partial charge on any atom is 0.142 e. The molecule has 0 spiro atoms. The van der Waals surface area contributed by atoms with Crippen LogP contribution in [0.1, 0.15) is 12.8 Å². The van der Waals surface area contributed by atoms with Gasteiger partial charge in [0.2, 0.25) is 0 Å². The summed E-state index contributed by atoms with van der Waals surface area (Å²) in [4.78, 5) is 14.2. The minimum absolute atomic E-state index is 0.612. The highest BCUT2D eigenvalue weighted by atomic mass is 32.2. The Hall–Kier alpha value is -1.27. The van der Waals surface area contributed by atoms with Crippen molar-refractivity contribution < 1.29 is 4.74 Å². The Morgan fingerprint density at radius 3 is 3.00 bits per heavy atom. The van der Waals surface area contributed by atoms with Crippen LogP contribution in [0.15, 0.2) is 18.6 Å². The molecule has 1 aliphatic carbocycles. The third-order valence-corrected chi connectivity index (χ3v) is 6.01. The van der Waals surface area contributed by atoms with Crippen molar-refractivity contribution in [2.75, 3.05) is 30.9 Å². The molecule has 2 fully saturated rings. The van der Waals surface area contributed by atoms with Crippen molar-refractivity contribution >= 4 is 28.6 Å². The van der Waals surface area contributed by atoms with Gasteiger partial charge in [0.05, 0.1) is 23.8 Å². The molecule has 3 heterocycles.